The summed E-state index contributed by atoms with van der Waals surface area (Å²) in [6, 6.07) is 8.58. The van der Waals surface area contributed by atoms with Crippen LogP contribution in [0.2, 0.25) is 0 Å². The van der Waals surface area contributed by atoms with Gasteiger partial charge in [0.2, 0.25) is 5.91 Å². The summed E-state index contributed by atoms with van der Waals surface area (Å²) in [6.07, 6.45) is 0. The molecule has 2 amide bonds. The third kappa shape index (κ3) is 2.85. The molecule has 0 unspecified atom stereocenters. The highest BCUT2D eigenvalue weighted by atomic mass is 16.2. The summed E-state index contributed by atoms with van der Waals surface area (Å²) in [5.41, 5.74) is 5.74. The van der Waals surface area contributed by atoms with Gasteiger partial charge < -0.3 is 5.73 Å². The second kappa shape index (κ2) is 4.82. The predicted molar refractivity (Wildman–Crippen MR) is 55.9 cm³/mol. The van der Waals surface area contributed by atoms with Crippen LogP contribution >= 0.6 is 0 Å². The Bertz CT molecular complexity index is 455. The third-order valence-corrected chi connectivity index (χ3v) is 1.71. The van der Waals surface area contributed by atoms with E-state index in [1.54, 1.807) is 25.1 Å². The molecule has 0 aromatic heterocycles. The molecule has 3 N–H and O–H groups in total. The van der Waals surface area contributed by atoms with Gasteiger partial charge in [0.15, 0.2) is 0 Å². The van der Waals surface area contributed by atoms with E-state index in [-0.39, 0.29) is 5.91 Å². The molecular weight excluding hydrogens is 192 g/mol. The molecule has 1 aromatic carbocycles. The van der Waals surface area contributed by atoms with Crippen LogP contribution < -0.4 is 11.1 Å². The van der Waals surface area contributed by atoms with E-state index in [4.69, 9.17) is 5.73 Å². The van der Waals surface area contributed by atoms with E-state index in [0.29, 0.717) is 11.1 Å². The zero-order valence-electron chi connectivity index (χ0n) is 8.20. The fourth-order valence-electron chi connectivity index (χ4n) is 1.01. The molecule has 0 atom stereocenters. The van der Waals surface area contributed by atoms with Crippen LogP contribution in [0.25, 0.3) is 0 Å². The predicted octanol–water partition coefficient (Wildman–Crippen LogP) is 0.496. The van der Waals surface area contributed by atoms with Crippen LogP contribution in [0.1, 0.15) is 27.6 Å². The number of primary amides is 1. The second-order valence-corrected chi connectivity index (χ2v) is 2.77. The van der Waals surface area contributed by atoms with Crippen LogP contribution in [0.4, 0.5) is 0 Å². The minimum atomic E-state index is -0.564. The fourth-order valence-corrected chi connectivity index (χ4v) is 1.01. The van der Waals surface area contributed by atoms with E-state index in [1.165, 1.54) is 6.07 Å². The maximum absolute atomic E-state index is 11.4. The maximum Gasteiger partial charge on any atom is 0.262 e. The standard InChI is InChI=1S/C11H10N2O2/c1-2-6-13-11(15)9-5-3-4-8(7-9)10(12)14/h3-5,7H,1H3,(H2,12,14)(H,13,15). The van der Waals surface area contributed by atoms with Gasteiger partial charge in [-0.15, -0.1) is 0 Å². The van der Waals surface area contributed by atoms with Gasteiger partial charge in [-0.3, -0.25) is 14.9 Å². The first kappa shape index (κ1) is 10.8. The average molecular weight is 202 g/mol. The molecule has 4 nitrogen and oxygen atoms in total. The van der Waals surface area contributed by atoms with Crippen molar-refractivity contribution in [3.8, 4) is 12.0 Å². The van der Waals surface area contributed by atoms with Gasteiger partial charge in [0, 0.05) is 17.2 Å². The van der Waals surface area contributed by atoms with Gasteiger partial charge in [0.25, 0.3) is 5.91 Å². The van der Waals surface area contributed by atoms with E-state index in [1.807, 2.05) is 0 Å². The number of nitrogens with one attached hydrogen (secondary N) is 1. The summed E-state index contributed by atoms with van der Waals surface area (Å²) >= 11 is 0. The van der Waals surface area contributed by atoms with Crippen molar-refractivity contribution in [2.75, 3.05) is 0 Å². The lowest BCUT2D eigenvalue weighted by Crippen LogP contribution is -2.19. The second-order valence-electron chi connectivity index (χ2n) is 2.77. The van der Waals surface area contributed by atoms with E-state index in [2.05, 4.69) is 17.3 Å². The lowest BCUT2D eigenvalue weighted by atomic mass is 10.1. The Balaban J connectivity index is 2.93. The zero-order valence-corrected chi connectivity index (χ0v) is 8.20. The number of hydrogen-bond acceptors (Lipinski definition) is 2. The van der Waals surface area contributed by atoms with Crippen LogP contribution in [0.3, 0.4) is 0 Å². The number of hydrogen-bond donors (Lipinski definition) is 2. The van der Waals surface area contributed by atoms with Gasteiger partial charge >= 0.3 is 0 Å². The summed E-state index contributed by atoms with van der Waals surface area (Å²) in [5, 5.41) is 2.36. The van der Waals surface area contributed by atoms with Crippen molar-refractivity contribution in [1.29, 1.82) is 0 Å². The van der Waals surface area contributed by atoms with Crippen LogP contribution in [0.15, 0.2) is 24.3 Å². The molecule has 0 bridgehead atoms. The van der Waals surface area contributed by atoms with Crippen LogP contribution in [0.5, 0.6) is 0 Å². The largest absolute Gasteiger partial charge is 0.366 e. The molecule has 1 aromatic rings. The molecule has 0 radical (unpaired) electrons. The van der Waals surface area contributed by atoms with E-state index in [9.17, 15) is 9.59 Å². The van der Waals surface area contributed by atoms with Crippen LogP contribution in [-0.2, 0) is 0 Å². The first-order valence-electron chi connectivity index (χ1n) is 4.27. The SMILES string of the molecule is CC#CNC(=O)c1cccc(C(N)=O)c1. The highest BCUT2D eigenvalue weighted by Gasteiger charge is 2.06. The lowest BCUT2D eigenvalue weighted by Gasteiger charge is -2.00. The number of benzene rings is 1. The number of rotatable bonds is 2. The Kier molecular flexibility index (Phi) is 3.47. The maximum atomic E-state index is 11.4. The highest BCUT2D eigenvalue weighted by Crippen LogP contribution is 2.04. The first-order valence-corrected chi connectivity index (χ1v) is 4.27. The third-order valence-electron chi connectivity index (χ3n) is 1.71. The molecule has 0 spiro atoms. The Hall–Kier alpha value is -2.28. The lowest BCUT2D eigenvalue weighted by molar-refractivity contribution is 0.0973. The zero-order chi connectivity index (χ0) is 11.3. The molecule has 1 rings (SSSR count). The summed E-state index contributed by atoms with van der Waals surface area (Å²) in [6.45, 7) is 1.61. The molecule has 76 valence electrons. The van der Waals surface area contributed by atoms with E-state index >= 15 is 0 Å². The molecule has 0 aliphatic heterocycles. The normalized spacial score (nSPS) is 8.60. The van der Waals surface area contributed by atoms with Crippen LogP contribution in [-0.4, -0.2) is 11.8 Å². The Morgan fingerprint density at radius 3 is 2.60 bits per heavy atom. The molecule has 15 heavy (non-hydrogen) atoms. The number of carbonyl (C=O) groups is 2. The Morgan fingerprint density at radius 2 is 2.00 bits per heavy atom. The molecular formula is C11H10N2O2. The number of carbonyl (C=O) groups excluding carboxylic acids is 2. The van der Waals surface area contributed by atoms with Crippen molar-refractivity contribution in [3.05, 3.63) is 35.4 Å². The summed E-state index contributed by atoms with van der Waals surface area (Å²) in [5.74, 6) is 1.61. The van der Waals surface area contributed by atoms with Crippen LogP contribution in [0, 0.1) is 12.0 Å². The summed E-state index contributed by atoms with van der Waals surface area (Å²) in [4.78, 5) is 22.3. The highest BCUT2D eigenvalue weighted by molar-refractivity contribution is 5.99. The van der Waals surface area contributed by atoms with Gasteiger partial charge in [0.1, 0.15) is 0 Å². The molecule has 0 fully saturated rings. The fraction of sp³-hybridized carbons (Fsp3) is 0.0909. The minimum absolute atomic E-state index is 0.298. The van der Waals surface area contributed by atoms with Gasteiger partial charge in [-0.2, -0.15) is 0 Å². The van der Waals surface area contributed by atoms with Crippen molar-refractivity contribution in [2.24, 2.45) is 5.73 Å². The topological polar surface area (TPSA) is 72.2 Å². The van der Waals surface area contributed by atoms with Crippen molar-refractivity contribution < 1.29 is 9.59 Å². The molecule has 0 heterocycles. The molecule has 0 aliphatic rings. The van der Waals surface area contributed by atoms with Gasteiger partial charge in [-0.25, -0.2) is 0 Å². The first-order chi connectivity index (χ1) is 7.15. The summed E-state index contributed by atoms with van der Waals surface area (Å²) in [7, 11) is 0. The molecule has 0 aliphatic carbocycles. The quantitative estimate of drug-likeness (QED) is 0.541. The number of nitrogens with two attached hydrogens (primary N) is 1. The van der Waals surface area contributed by atoms with Crippen molar-refractivity contribution in [1.82, 2.24) is 5.32 Å². The summed E-state index contributed by atoms with van der Waals surface area (Å²) < 4.78 is 0. The monoisotopic (exact) mass is 202 g/mol. The molecule has 0 saturated heterocycles. The minimum Gasteiger partial charge on any atom is -0.366 e. The van der Waals surface area contributed by atoms with E-state index in [0.717, 1.165) is 0 Å². The molecule has 0 saturated carbocycles. The Morgan fingerprint density at radius 1 is 1.33 bits per heavy atom. The Labute approximate surface area is 87.5 Å². The van der Waals surface area contributed by atoms with Crippen molar-refractivity contribution in [3.63, 3.8) is 0 Å². The van der Waals surface area contributed by atoms with Crippen molar-refractivity contribution in [2.45, 2.75) is 6.92 Å². The van der Waals surface area contributed by atoms with Gasteiger partial charge in [-0.05, 0) is 25.1 Å². The van der Waals surface area contributed by atoms with Gasteiger partial charge in [0.05, 0.1) is 0 Å². The van der Waals surface area contributed by atoms with Gasteiger partial charge in [-0.1, -0.05) is 12.0 Å². The number of amides is 2. The molecule has 4 heteroatoms. The smallest absolute Gasteiger partial charge is 0.262 e. The van der Waals surface area contributed by atoms with Crippen molar-refractivity contribution >= 4 is 11.8 Å². The van der Waals surface area contributed by atoms with E-state index < -0.39 is 5.91 Å². The average Bonchev–Trinajstić information content (AvgIpc) is 2.26.